The van der Waals surface area contributed by atoms with E-state index in [1.54, 1.807) is 6.92 Å². The quantitative estimate of drug-likeness (QED) is 0.753. The summed E-state index contributed by atoms with van der Waals surface area (Å²) in [5.74, 6) is 0. The van der Waals surface area contributed by atoms with Crippen molar-refractivity contribution < 1.29 is 22.3 Å². The molecule has 8 heteroatoms. The third-order valence-corrected chi connectivity index (χ3v) is 4.14. The Morgan fingerprint density at radius 1 is 1.30 bits per heavy atom. The highest BCUT2D eigenvalue weighted by Crippen LogP contribution is 2.18. The number of hydrogen-bond donors (Lipinski definition) is 2. The number of nitrogens with zero attached hydrogens (tertiary/aromatic N) is 1. The lowest BCUT2D eigenvalue weighted by Gasteiger charge is -2.23. The van der Waals surface area contributed by atoms with Gasteiger partial charge in [-0.3, -0.25) is 0 Å². The maximum atomic E-state index is 12.4. The number of aliphatic hydroxyl groups excluding tert-OH is 1. The zero-order valence-electron chi connectivity index (χ0n) is 11.1. The van der Waals surface area contributed by atoms with E-state index in [0.29, 0.717) is 5.69 Å². The van der Waals surface area contributed by atoms with Crippen LogP contribution >= 0.6 is 0 Å². The van der Waals surface area contributed by atoms with Gasteiger partial charge in [0.05, 0.1) is 18.0 Å². The molecule has 0 aliphatic heterocycles. The van der Waals surface area contributed by atoms with Gasteiger partial charge in [-0.15, -0.1) is 0 Å². The molecule has 0 unspecified atom stereocenters. The van der Waals surface area contributed by atoms with Gasteiger partial charge in [-0.2, -0.15) is 0 Å². The van der Waals surface area contributed by atoms with Crippen LogP contribution in [0.15, 0.2) is 29.2 Å². The Labute approximate surface area is 117 Å². The predicted octanol–water partition coefficient (Wildman–Crippen LogP) is 1.05. The lowest BCUT2D eigenvalue weighted by atomic mass is 10.3. The van der Waals surface area contributed by atoms with Gasteiger partial charge >= 0.3 is 0 Å². The molecule has 0 aliphatic carbocycles. The highest BCUT2D eigenvalue weighted by atomic mass is 32.2. The largest absolute Gasteiger partial charge is 0.395 e. The van der Waals surface area contributed by atoms with Gasteiger partial charge in [-0.1, -0.05) is 6.92 Å². The minimum absolute atomic E-state index is 0.0592. The molecule has 1 rings (SSSR count). The molecule has 2 N–H and O–H groups in total. The Hall–Kier alpha value is -1.25. The molecule has 0 radical (unpaired) electrons. The van der Waals surface area contributed by atoms with Gasteiger partial charge < -0.3 is 10.0 Å². The van der Waals surface area contributed by atoms with E-state index in [9.17, 15) is 17.2 Å². The molecular formula is C12H18F2N2O3S. The molecule has 0 fully saturated rings. The zero-order valence-corrected chi connectivity index (χ0v) is 11.9. The van der Waals surface area contributed by atoms with Gasteiger partial charge in [0, 0.05) is 18.8 Å². The first-order valence-corrected chi connectivity index (χ1v) is 7.62. The molecule has 1 aromatic rings. The number of sulfonamides is 1. The number of benzene rings is 1. The molecule has 114 valence electrons. The minimum Gasteiger partial charge on any atom is -0.395 e. The summed E-state index contributed by atoms with van der Waals surface area (Å²) >= 11 is 0. The maximum absolute atomic E-state index is 12.4. The van der Waals surface area contributed by atoms with Crippen LogP contribution in [0.4, 0.5) is 14.5 Å². The van der Waals surface area contributed by atoms with E-state index in [1.165, 1.54) is 29.2 Å². The van der Waals surface area contributed by atoms with Crippen LogP contribution in [-0.2, 0) is 10.0 Å². The van der Waals surface area contributed by atoms with E-state index in [2.05, 4.69) is 4.72 Å². The summed E-state index contributed by atoms with van der Waals surface area (Å²) in [4.78, 5) is 1.37. The van der Waals surface area contributed by atoms with Crippen LogP contribution in [0.5, 0.6) is 0 Å². The summed E-state index contributed by atoms with van der Waals surface area (Å²) < 4.78 is 50.7. The van der Waals surface area contributed by atoms with Crippen molar-refractivity contribution in [2.45, 2.75) is 18.2 Å². The van der Waals surface area contributed by atoms with E-state index in [4.69, 9.17) is 5.11 Å². The molecule has 0 amide bonds. The average Bonchev–Trinajstić information content (AvgIpc) is 2.38. The number of halogens is 2. The third kappa shape index (κ3) is 4.69. The first-order valence-electron chi connectivity index (χ1n) is 6.14. The zero-order chi connectivity index (χ0) is 15.2. The molecule has 0 atom stereocenters. The summed E-state index contributed by atoms with van der Waals surface area (Å²) in [6, 6.07) is 5.59. The minimum atomic E-state index is -3.55. The number of hydrogen-bond acceptors (Lipinski definition) is 4. The van der Waals surface area contributed by atoms with Crippen molar-refractivity contribution in [1.29, 1.82) is 0 Å². The van der Waals surface area contributed by atoms with Crippen LogP contribution in [0, 0.1) is 0 Å². The summed E-state index contributed by atoms with van der Waals surface area (Å²) in [5, 5.41) is 8.87. The van der Waals surface area contributed by atoms with Crippen LogP contribution in [-0.4, -0.2) is 46.2 Å². The predicted molar refractivity (Wildman–Crippen MR) is 72.6 cm³/mol. The number of anilines is 1. The monoisotopic (exact) mass is 308 g/mol. The van der Waals surface area contributed by atoms with Crippen molar-refractivity contribution in [3.05, 3.63) is 24.3 Å². The normalized spacial score (nSPS) is 11.8. The van der Waals surface area contributed by atoms with Crippen LogP contribution in [0.1, 0.15) is 6.92 Å². The number of rotatable bonds is 8. The fraction of sp³-hybridized carbons (Fsp3) is 0.500. The third-order valence-electron chi connectivity index (χ3n) is 2.57. The molecule has 5 nitrogen and oxygen atoms in total. The van der Waals surface area contributed by atoms with Gasteiger partial charge in [0.2, 0.25) is 10.0 Å². The van der Waals surface area contributed by atoms with Crippen LogP contribution < -0.4 is 9.62 Å². The van der Waals surface area contributed by atoms with E-state index in [1.807, 2.05) is 0 Å². The van der Waals surface area contributed by atoms with Gasteiger partial charge in [0.1, 0.15) is 0 Å². The average molecular weight is 308 g/mol. The van der Waals surface area contributed by atoms with Crippen molar-refractivity contribution in [3.63, 3.8) is 0 Å². The molecular weight excluding hydrogens is 290 g/mol. The van der Waals surface area contributed by atoms with E-state index < -0.39 is 23.0 Å². The van der Waals surface area contributed by atoms with Crippen molar-refractivity contribution >= 4 is 15.7 Å². The van der Waals surface area contributed by atoms with Crippen molar-refractivity contribution in [2.75, 3.05) is 31.1 Å². The summed E-state index contributed by atoms with van der Waals surface area (Å²) in [5.41, 5.74) is 0.440. The Balaban J connectivity index is 2.93. The molecule has 0 spiro atoms. The standard InChI is InChI=1S/C12H18F2N2O3S/c1-2-15-20(18,19)11-5-3-10(4-6-11)16(7-8-17)9-12(13)14/h3-6,12,15,17H,2,7-9H2,1H3. The highest BCUT2D eigenvalue weighted by molar-refractivity contribution is 7.89. The Morgan fingerprint density at radius 2 is 1.90 bits per heavy atom. The Kier molecular flexibility index (Phi) is 6.31. The smallest absolute Gasteiger partial charge is 0.255 e. The first kappa shape index (κ1) is 16.8. The van der Waals surface area contributed by atoms with E-state index in [-0.39, 0.29) is 24.6 Å². The number of nitrogens with one attached hydrogen (secondary N) is 1. The molecule has 0 heterocycles. The fourth-order valence-electron chi connectivity index (χ4n) is 1.72. The second-order valence-corrected chi connectivity index (χ2v) is 5.82. The van der Waals surface area contributed by atoms with Crippen LogP contribution in [0.2, 0.25) is 0 Å². The number of alkyl halides is 2. The van der Waals surface area contributed by atoms with Crippen molar-refractivity contribution in [1.82, 2.24) is 4.72 Å². The van der Waals surface area contributed by atoms with Crippen molar-refractivity contribution in [3.8, 4) is 0 Å². The summed E-state index contributed by atoms with van der Waals surface area (Å²) in [6.45, 7) is 1.22. The van der Waals surface area contributed by atoms with E-state index >= 15 is 0 Å². The van der Waals surface area contributed by atoms with Crippen LogP contribution in [0.25, 0.3) is 0 Å². The fourth-order valence-corrected chi connectivity index (χ4v) is 2.76. The summed E-state index contributed by atoms with van der Waals surface area (Å²) in [6.07, 6.45) is -2.54. The lowest BCUT2D eigenvalue weighted by molar-refractivity contribution is 0.153. The number of aliphatic hydroxyl groups is 1. The summed E-state index contributed by atoms with van der Waals surface area (Å²) in [7, 11) is -3.55. The Bertz CT molecular complexity index is 506. The molecule has 1 aromatic carbocycles. The molecule has 0 saturated heterocycles. The molecule has 20 heavy (non-hydrogen) atoms. The van der Waals surface area contributed by atoms with Gasteiger partial charge in [-0.25, -0.2) is 21.9 Å². The second kappa shape index (κ2) is 7.51. The molecule has 0 bridgehead atoms. The van der Waals surface area contributed by atoms with Crippen LogP contribution in [0.3, 0.4) is 0 Å². The first-order chi connectivity index (χ1) is 9.40. The molecule has 0 aliphatic rings. The van der Waals surface area contributed by atoms with Gasteiger partial charge in [-0.05, 0) is 24.3 Å². The Morgan fingerprint density at radius 3 is 2.35 bits per heavy atom. The van der Waals surface area contributed by atoms with Crippen molar-refractivity contribution in [2.24, 2.45) is 0 Å². The lowest BCUT2D eigenvalue weighted by Crippen LogP contribution is -2.31. The van der Waals surface area contributed by atoms with Gasteiger partial charge in [0.15, 0.2) is 0 Å². The molecule has 0 saturated carbocycles. The topological polar surface area (TPSA) is 69.6 Å². The maximum Gasteiger partial charge on any atom is 0.255 e. The van der Waals surface area contributed by atoms with E-state index in [0.717, 1.165) is 0 Å². The molecule has 0 aromatic heterocycles. The van der Waals surface area contributed by atoms with Gasteiger partial charge in [0.25, 0.3) is 6.43 Å². The highest BCUT2D eigenvalue weighted by Gasteiger charge is 2.15. The second-order valence-electron chi connectivity index (χ2n) is 4.06. The SMILES string of the molecule is CCNS(=O)(=O)c1ccc(N(CCO)CC(F)F)cc1.